The summed E-state index contributed by atoms with van der Waals surface area (Å²) < 4.78 is 24.1. The molecule has 5 nitrogen and oxygen atoms in total. The Labute approximate surface area is 122 Å². The van der Waals surface area contributed by atoms with E-state index in [9.17, 15) is 4.39 Å². The molecule has 1 aromatic heterocycles. The zero-order valence-electron chi connectivity index (χ0n) is 11.9. The number of ether oxygens (including phenoxy) is 2. The topological polar surface area (TPSA) is 56.3 Å². The van der Waals surface area contributed by atoms with Crippen LogP contribution in [-0.4, -0.2) is 23.7 Å². The normalized spacial score (nSPS) is 16.8. The molecule has 0 aliphatic carbocycles. The number of anilines is 1. The Hall–Kier alpha value is -2.37. The zero-order chi connectivity index (χ0) is 14.8. The third-order valence-electron chi connectivity index (χ3n) is 3.35. The van der Waals surface area contributed by atoms with Gasteiger partial charge in [-0.05, 0) is 25.1 Å². The molecule has 0 radical (unpaired) electrons. The van der Waals surface area contributed by atoms with E-state index in [1.807, 2.05) is 13.0 Å². The summed E-state index contributed by atoms with van der Waals surface area (Å²) in [5.74, 6) is 1.09. The van der Waals surface area contributed by atoms with Gasteiger partial charge >= 0.3 is 6.01 Å². The summed E-state index contributed by atoms with van der Waals surface area (Å²) in [6.07, 6.45) is 0.738. The van der Waals surface area contributed by atoms with E-state index in [0.29, 0.717) is 24.2 Å². The molecule has 110 valence electrons. The second-order valence-electron chi connectivity index (χ2n) is 4.90. The van der Waals surface area contributed by atoms with Crippen molar-refractivity contribution in [3.8, 4) is 11.8 Å². The molecule has 6 heteroatoms. The van der Waals surface area contributed by atoms with Gasteiger partial charge in [-0.2, -0.15) is 4.98 Å². The van der Waals surface area contributed by atoms with E-state index in [4.69, 9.17) is 9.47 Å². The number of aromatic nitrogens is 2. The molecule has 0 saturated heterocycles. The highest BCUT2D eigenvalue weighted by molar-refractivity contribution is 5.45. The van der Waals surface area contributed by atoms with Gasteiger partial charge in [-0.25, -0.2) is 9.37 Å². The summed E-state index contributed by atoms with van der Waals surface area (Å²) in [7, 11) is 1.53. The Morgan fingerprint density at radius 3 is 3.00 bits per heavy atom. The van der Waals surface area contributed by atoms with Crippen LogP contribution in [0, 0.1) is 12.7 Å². The van der Waals surface area contributed by atoms with Crippen molar-refractivity contribution >= 4 is 5.82 Å². The molecule has 1 atom stereocenters. The van der Waals surface area contributed by atoms with Crippen LogP contribution in [-0.2, 0) is 0 Å². The monoisotopic (exact) mass is 289 g/mol. The molecule has 0 saturated carbocycles. The van der Waals surface area contributed by atoms with E-state index < -0.39 is 0 Å². The van der Waals surface area contributed by atoms with Crippen LogP contribution in [0.15, 0.2) is 24.3 Å². The second-order valence-corrected chi connectivity index (χ2v) is 4.90. The highest BCUT2D eigenvalue weighted by atomic mass is 19.1. The quantitative estimate of drug-likeness (QED) is 0.941. The lowest BCUT2D eigenvalue weighted by atomic mass is 10.0. The Morgan fingerprint density at radius 2 is 2.19 bits per heavy atom. The summed E-state index contributed by atoms with van der Waals surface area (Å²) in [4.78, 5) is 8.41. The molecule has 1 N–H and O–H groups in total. The number of nitrogens with zero attached hydrogens (tertiary/aromatic N) is 2. The third kappa shape index (κ3) is 2.89. The van der Waals surface area contributed by atoms with Gasteiger partial charge < -0.3 is 14.8 Å². The highest BCUT2D eigenvalue weighted by Crippen LogP contribution is 2.34. The van der Waals surface area contributed by atoms with Gasteiger partial charge in [0.1, 0.15) is 17.4 Å². The molecule has 0 fully saturated rings. The molecule has 0 amide bonds. The van der Waals surface area contributed by atoms with Gasteiger partial charge in [0.05, 0.1) is 19.8 Å². The van der Waals surface area contributed by atoms with Crippen LogP contribution in [0.4, 0.5) is 10.2 Å². The molecule has 2 aromatic rings. The van der Waals surface area contributed by atoms with Crippen molar-refractivity contribution in [1.82, 2.24) is 9.97 Å². The van der Waals surface area contributed by atoms with Crippen LogP contribution < -0.4 is 14.8 Å². The van der Waals surface area contributed by atoms with Crippen LogP contribution in [0.5, 0.6) is 11.8 Å². The van der Waals surface area contributed by atoms with Crippen molar-refractivity contribution in [2.45, 2.75) is 19.4 Å². The van der Waals surface area contributed by atoms with Crippen LogP contribution >= 0.6 is 0 Å². The maximum absolute atomic E-state index is 13.5. The second kappa shape index (κ2) is 5.55. The first kappa shape index (κ1) is 13.6. The standard InChI is InChI=1S/C15H16FN3O2/c1-9-7-14(19-15(17-9)20-2)18-12-5-6-21-13-4-3-10(16)8-11(12)13/h3-4,7-8,12H,5-6H2,1-2H3,(H,17,18,19). The fourth-order valence-electron chi connectivity index (χ4n) is 2.40. The van der Waals surface area contributed by atoms with E-state index in [1.165, 1.54) is 19.2 Å². The predicted molar refractivity (Wildman–Crippen MR) is 76.2 cm³/mol. The maximum Gasteiger partial charge on any atom is 0.318 e. The smallest absolute Gasteiger partial charge is 0.318 e. The fourth-order valence-corrected chi connectivity index (χ4v) is 2.40. The van der Waals surface area contributed by atoms with E-state index in [2.05, 4.69) is 15.3 Å². The SMILES string of the molecule is COc1nc(C)cc(NC2CCOc3ccc(F)cc32)n1. The van der Waals surface area contributed by atoms with E-state index >= 15 is 0 Å². The number of fused-ring (bicyclic) bond motifs is 1. The van der Waals surface area contributed by atoms with Crippen molar-refractivity contribution in [2.75, 3.05) is 19.0 Å². The Morgan fingerprint density at radius 1 is 1.33 bits per heavy atom. The van der Waals surface area contributed by atoms with Gasteiger partial charge in [0.2, 0.25) is 0 Å². The van der Waals surface area contributed by atoms with Crippen molar-refractivity contribution in [3.05, 3.63) is 41.3 Å². The van der Waals surface area contributed by atoms with E-state index in [1.54, 1.807) is 6.07 Å². The molecular formula is C15H16FN3O2. The Kier molecular flexibility index (Phi) is 3.60. The summed E-state index contributed by atoms with van der Waals surface area (Å²) in [5, 5.41) is 3.30. The highest BCUT2D eigenvalue weighted by Gasteiger charge is 2.22. The molecule has 0 bridgehead atoms. The number of nitrogens with one attached hydrogen (secondary N) is 1. The average molecular weight is 289 g/mol. The van der Waals surface area contributed by atoms with Crippen molar-refractivity contribution in [2.24, 2.45) is 0 Å². The molecule has 1 aromatic carbocycles. The van der Waals surface area contributed by atoms with Gasteiger partial charge in [0, 0.05) is 23.7 Å². The number of halogens is 1. The fraction of sp³-hybridized carbons (Fsp3) is 0.333. The van der Waals surface area contributed by atoms with Crippen LogP contribution in [0.2, 0.25) is 0 Å². The number of aryl methyl sites for hydroxylation is 1. The van der Waals surface area contributed by atoms with E-state index in [0.717, 1.165) is 17.7 Å². The number of hydrogen-bond acceptors (Lipinski definition) is 5. The zero-order valence-corrected chi connectivity index (χ0v) is 11.9. The van der Waals surface area contributed by atoms with Gasteiger partial charge in [-0.3, -0.25) is 0 Å². The Balaban J connectivity index is 1.90. The summed E-state index contributed by atoms with van der Waals surface area (Å²) in [6.45, 7) is 2.45. The summed E-state index contributed by atoms with van der Waals surface area (Å²) in [6, 6.07) is 6.64. The molecule has 21 heavy (non-hydrogen) atoms. The van der Waals surface area contributed by atoms with Gasteiger partial charge in [-0.15, -0.1) is 0 Å². The van der Waals surface area contributed by atoms with Crippen LogP contribution in [0.3, 0.4) is 0 Å². The molecule has 1 aliphatic rings. The van der Waals surface area contributed by atoms with Gasteiger partial charge in [-0.1, -0.05) is 0 Å². The van der Waals surface area contributed by atoms with Crippen LogP contribution in [0.1, 0.15) is 23.7 Å². The molecule has 2 heterocycles. The lowest BCUT2D eigenvalue weighted by Gasteiger charge is -2.27. The van der Waals surface area contributed by atoms with Gasteiger partial charge in [0.25, 0.3) is 0 Å². The first-order valence-corrected chi connectivity index (χ1v) is 6.74. The average Bonchev–Trinajstić information content (AvgIpc) is 2.47. The minimum absolute atomic E-state index is 0.0524. The number of rotatable bonds is 3. The lowest BCUT2D eigenvalue weighted by Crippen LogP contribution is -2.21. The first-order valence-electron chi connectivity index (χ1n) is 6.74. The van der Waals surface area contributed by atoms with Crippen LogP contribution in [0.25, 0.3) is 0 Å². The van der Waals surface area contributed by atoms with Crippen molar-refractivity contribution < 1.29 is 13.9 Å². The minimum atomic E-state index is -0.275. The first-order chi connectivity index (χ1) is 10.2. The van der Waals surface area contributed by atoms with Crippen molar-refractivity contribution in [3.63, 3.8) is 0 Å². The molecule has 3 rings (SSSR count). The molecule has 1 unspecified atom stereocenters. The predicted octanol–water partition coefficient (Wildman–Crippen LogP) is 2.87. The molecule has 0 spiro atoms. The molecule has 1 aliphatic heterocycles. The molecular weight excluding hydrogens is 273 g/mol. The van der Waals surface area contributed by atoms with Gasteiger partial charge in [0.15, 0.2) is 0 Å². The number of benzene rings is 1. The number of methoxy groups -OCH3 is 1. The lowest BCUT2D eigenvalue weighted by molar-refractivity contribution is 0.273. The van der Waals surface area contributed by atoms with E-state index in [-0.39, 0.29) is 11.9 Å². The third-order valence-corrected chi connectivity index (χ3v) is 3.35. The number of hydrogen-bond donors (Lipinski definition) is 1. The Bertz CT molecular complexity index is 663. The summed E-state index contributed by atoms with van der Waals surface area (Å²) in [5.41, 5.74) is 1.60. The largest absolute Gasteiger partial charge is 0.493 e. The maximum atomic E-state index is 13.5. The van der Waals surface area contributed by atoms with Crippen molar-refractivity contribution in [1.29, 1.82) is 0 Å². The summed E-state index contributed by atoms with van der Waals surface area (Å²) >= 11 is 0. The minimum Gasteiger partial charge on any atom is -0.493 e.